The van der Waals surface area contributed by atoms with Crippen LogP contribution in [0.5, 0.6) is 0 Å². The summed E-state index contributed by atoms with van der Waals surface area (Å²) in [5, 5.41) is 2.99. The highest BCUT2D eigenvalue weighted by Gasteiger charge is 2.27. The molecule has 1 aromatic carbocycles. The molecule has 1 N–H and O–H groups in total. The number of amides is 1. The van der Waals surface area contributed by atoms with Gasteiger partial charge in [-0.25, -0.2) is 4.98 Å². The third kappa shape index (κ3) is 2.59. The van der Waals surface area contributed by atoms with Gasteiger partial charge in [0.2, 0.25) is 5.91 Å². The van der Waals surface area contributed by atoms with Crippen LogP contribution in [0.4, 0.5) is 5.69 Å². The second kappa shape index (κ2) is 5.50. The van der Waals surface area contributed by atoms with Crippen molar-refractivity contribution in [3.05, 3.63) is 53.7 Å². The molecular weight excluding hydrogens is 290 g/mol. The van der Waals surface area contributed by atoms with Crippen LogP contribution in [0.2, 0.25) is 0 Å². The van der Waals surface area contributed by atoms with Crippen molar-refractivity contribution in [2.75, 3.05) is 5.32 Å². The monoisotopic (exact) mass is 307 g/mol. The number of rotatable bonds is 2. The Labute approximate surface area is 133 Å². The fourth-order valence-electron chi connectivity index (χ4n) is 3.21. The molecular formula is C18H17N3O2. The molecule has 1 amide bonds. The number of fused-ring (bicyclic) bond motifs is 2. The number of nitrogens with zero attached hydrogens (tertiary/aromatic N) is 2. The summed E-state index contributed by atoms with van der Waals surface area (Å²) in [5.41, 5.74) is 4.29. The van der Waals surface area contributed by atoms with E-state index in [1.807, 2.05) is 31.2 Å². The van der Waals surface area contributed by atoms with Gasteiger partial charge in [-0.3, -0.25) is 9.78 Å². The lowest BCUT2D eigenvalue weighted by atomic mass is 9.86. The highest BCUT2D eigenvalue weighted by atomic mass is 16.3. The molecule has 1 aliphatic rings. The molecule has 0 saturated heterocycles. The quantitative estimate of drug-likeness (QED) is 0.785. The number of carbonyl (C=O) groups is 1. The van der Waals surface area contributed by atoms with Crippen molar-refractivity contribution in [2.24, 2.45) is 0 Å². The molecule has 0 radical (unpaired) electrons. The Kier molecular flexibility index (Phi) is 3.33. The molecule has 3 aromatic rings. The van der Waals surface area contributed by atoms with Crippen LogP contribution >= 0.6 is 0 Å². The number of hydrogen-bond acceptors (Lipinski definition) is 4. The Bertz CT molecular complexity index is 885. The highest BCUT2D eigenvalue weighted by Crippen LogP contribution is 2.31. The van der Waals surface area contributed by atoms with E-state index in [0.717, 1.165) is 36.2 Å². The van der Waals surface area contributed by atoms with E-state index >= 15 is 0 Å². The molecule has 0 fully saturated rings. The van der Waals surface area contributed by atoms with E-state index in [4.69, 9.17) is 4.42 Å². The summed E-state index contributed by atoms with van der Waals surface area (Å²) in [6.45, 7) is 1.81. The minimum Gasteiger partial charge on any atom is -0.441 e. The Hall–Kier alpha value is -2.69. The number of pyridine rings is 1. The van der Waals surface area contributed by atoms with E-state index in [0.29, 0.717) is 11.5 Å². The first kappa shape index (κ1) is 13.9. The number of oxazole rings is 1. The van der Waals surface area contributed by atoms with Gasteiger partial charge in [-0.15, -0.1) is 0 Å². The van der Waals surface area contributed by atoms with Crippen molar-refractivity contribution >= 4 is 22.7 Å². The maximum absolute atomic E-state index is 12.7. The lowest BCUT2D eigenvalue weighted by molar-refractivity contribution is -0.118. The number of anilines is 1. The van der Waals surface area contributed by atoms with Gasteiger partial charge >= 0.3 is 0 Å². The van der Waals surface area contributed by atoms with Crippen molar-refractivity contribution in [3.63, 3.8) is 0 Å². The third-order valence-electron chi connectivity index (χ3n) is 4.27. The molecule has 5 nitrogen and oxygen atoms in total. The van der Waals surface area contributed by atoms with Crippen molar-refractivity contribution in [1.29, 1.82) is 0 Å². The van der Waals surface area contributed by atoms with Gasteiger partial charge in [-0.2, -0.15) is 0 Å². The molecule has 0 saturated carbocycles. The maximum atomic E-state index is 12.7. The molecule has 4 rings (SSSR count). The van der Waals surface area contributed by atoms with Gasteiger partial charge in [-0.1, -0.05) is 6.07 Å². The summed E-state index contributed by atoms with van der Waals surface area (Å²) in [6, 6.07) is 9.51. The minimum absolute atomic E-state index is 0.0137. The highest BCUT2D eigenvalue weighted by molar-refractivity contribution is 5.97. The van der Waals surface area contributed by atoms with Crippen LogP contribution in [0.15, 0.2) is 40.9 Å². The maximum Gasteiger partial charge on any atom is 0.233 e. The second-order valence-corrected chi connectivity index (χ2v) is 5.90. The second-order valence-electron chi connectivity index (χ2n) is 5.90. The summed E-state index contributed by atoms with van der Waals surface area (Å²) in [4.78, 5) is 21.4. The summed E-state index contributed by atoms with van der Waals surface area (Å²) < 4.78 is 5.52. The Morgan fingerprint density at radius 1 is 1.35 bits per heavy atom. The van der Waals surface area contributed by atoms with Crippen LogP contribution in [0.1, 0.15) is 35.9 Å². The summed E-state index contributed by atoms with van der Waals surface area (Å²) in [5.74, 6) is 0.418. The molecule has 23 heavy (non-hydrogen) atoms. The zero-order chi connectivity index (χ0) is 15.8. The molecule has 0 bridgehead atoms. The molecule has 1 aliphatic carbocycles. The largest absolute Gasteiger partial charge is 0.441 e. The number of carbonyl (C=O) groups excluding carboxylic acids is 1. The molecule has 1 unspecified atom stereocenters. The summed E-state index contributed by atoms with van der Waals surface area (Å²) in [7, 11) is 0. The van der Waals surface area contributed by atoms with Gasteiger partial charge in [0, 0.05) is 24.9 Å². The van der Waals surface area contributed by atoms with Crippen LogP contribution in [0, 0.1) is 6.92 Å². The van der Waals surface area contributed by atoms with E-state index in [1.54, 1.807) is 6.20 Å². The molecule has 1 atom stereocenters. The first-order valence-corrected chi connectivity index (χ1v) is 7.82. The van der Waals surface area contributed by atoms with Crippen LogP contribution in [0.25, 0.3) is 11.1 Å². The van der Waals surface area contributed by atoms with Gasteiger partial charge in [0.25, 0.3) is 0 Å². The summed E-state index contributed by atoms with van der Waals surface area (Å²) >= 11 is 0. The predicted octanol–water partition coefficient (Wildman–Crippen LogP) is 3.59. The number of aryl methyl sites for hydroxylation is 2. The molecule has 2 aromatic heterocycles. The third-order valence-corrected chi connectivity index (χ3v) is 4.27. The minimum atomic E-state index is -0.188. The number of benzene rings is 1. The molecule has 116 valence electrons. The molecule has 0 aliphatic heterocycles. The smallest absolute Gasteiger partial charge is 0.233 e. The average molecular weight is 307 g/mol. The van der Waals surface area contributed by atoms with Crippen LogP contribution in [-0.2, 0) is 11.2 Å². The molecule has 0 spiro atoms. The van der Waals surface area contributed by atoms with Gasteiger partial charge in [0.05, 0.1) is 11.6 Å². The van der Waals surface area contributed by atoms with E-state index in [1.165, 1.54) is 5.56 Å². The zero-order valence-corrected chi connectivity index (χ0v) is 12.9. The van der Waals surface area contributed by atoms with Crippen molar-refractivity contribution in [2.45, 2.75) is 32.1 Å². The van der Waals surface area contributed by atoms with E-state index in [9.17, 15) is 4.79 Å². The zero-order valence-electron chi connectivity index (χ0n) is 12.9. The van der Waals surface area contributed by atoms with E-state index in [2.05, 4.69) is 21.4 Å². The van der Waals surface area contributed by atoms with E-state index < -0.39 is 0 Å². The van der Waals surface area contributed by atoms with Crippen LogP contribution in [-0.4, -0.2) is 15.9 Å². The Balaban J connectivity index is 1.60. The first-order valence-electron chi connectivity index (χ1n) is 7.82. The topological polar surface area (TPSA) is 68.0 Å². The lowest BCUT2D eigenvalue weighted by Gasteiger charge is -2.23. The number of nitrogens with one attached hydrogen (secondary N) is 1. The fourth-order valence-corrected chi connectivity index (χ4v) is 3.21. The average Bonchev–Trinajstić information content (AvgIpc) is 2.93. The Morgan fingerprint density at radius 3 is 3.17 bits per heavy atom. The fraction of sp³-hybridized carbons (Fsp3) is 0.278. The standard InChI is InChI=1S/C18H17N3O2/c1-11-20-15-8-7-13(10-16(15)23-11)21-18(22)14-6-2-4-12-5-3-9-19-17(12)14/h3,5,7-10,14H,2,4,6H2,1H3,(H,21,22). The van der Waals surface area contributed by atoms with Gasteiger partial charge in [0.15, 0.2) is 11.5 Å². The van der Waals surface area contributed by atoms with Gasteiger partial charge < -0.3 is 9.73 Å². The summed E-state index contributed by atoms with van der Waals surface area (Å²) in [6.07, 6.45) is 4.60. The lowest BCUT2D eigenvalue weighted by Crippen LogP contribution is -2.25. The normalized spacial score (nSPS) is 17.0. The van der Waals surface area contributed by atoms with Crippen molar-refractivity contribution in [3.8, 4) is 0 Å². The Morgan fingerprint density at radius 2 is 2.26 bits per heavy atom. The SMILES string of the molecule is Cc1nc2ccc(NC(=O)C3CCCc4cccnc43)cc2o1. The van der Waals surface area contributed by atoms with Crippen molar-refractivity contribution < 1.29 is 9.21 Å². The van der Waals surface area contributed by atoms with Crippen molar-refractivity contribution in [1.82, 2.24) is 9.97 Å². The first-order chi connectivity index (χ1) is 11.2. The van der Waals surface area contributed by atoms with Gasteiger partial charge in [0.1, 0.15) is 5.52 Å². The van der Waals surface area contributed by atoms with Crippen LogP contribution < -0.4 is 5.32 Å². The predicted molar refractivity (Wildman–Crippen MR) is 87.3 cm³/mol. The van der Waals surface area contributed by atoms with E-state index in [-0.39, 0.29) is 11.8 Å². The molecule has 5 heteroatoms. The number of aromatic nitrogens is 2. The number of hydrogen-bond donors (Lipinski definition) is 1. The molecule has 2 heterocycles. The van der Waals surface area contributed by atoms with Gasteiger partial charge in [-0.05, 0) is 43.0 Å². The van der Waals surface area contributed by atoms with Crippen LogP contribution in [0.3, 0.4) is 0 Å².